The first-order valence-corrected chi connectivity index (χ1v) is 11.4. The van der Waals surface area contributed by atoms with E-state index >= 15 is 0 Å². The van der Waals surface area contributed by atoms with Crippen molar-refractivity contribution in [3.8, 4) is 5.75 Å². The van der Waals surface area contributed by atoms with Gasteiger partial charge in [-0.25, -0.2) is 14.2 Å². The van der Waals surface area contributed by atoms with Gasteiger partial charge in [-0.1, -0.05) is 23.9 Å². The lowest BCUT2D eigenvalue weighted by Crippen LogP contribution is -2.49. The molecule has 2 heterocycles. The summed E-state index contributed by atoms with van der Waals surface area (Å²) in [4.78, 5) is 22.1. The first-order chi connectivity index (χ1) is 15.4. The van der Waals surface area contributed by atoms with E-state index in [1.807, 2.05) is 43.3 Å². The number of benzene rings is 2. The van der Waals surface area contributed by atoms with Crippen molar-refractivity contribution in [3.05, 3.63) is 83.3 Å². The summed E-state index contributed by atoms with van der Waals surface area (Å²) in [7, 11) is 0. The van der Waals surface area contributed by atoms with Crippen molar-refractivity contribution < 1.29 is 13.9 Å². The highest BCUT2D eigenvalue weighted by Crippen LogP contribution is 2.28. The Labute approximate surface area is 192 Å². The summed E-state index contributed by atoms with van der Waals surface area (Å²) < 4.78 is 18.9. The van der Waals surface area contributed by atoms with Crippen LogP contribution in [0.2, 0.25) is 0 Å². The number of rotatable bonds is 5. The van der Waals surface area contributed by atoms with Crippen LogP contribution in [0.4, 0.5) is 9.18 Å². The molecule has 0 radical (unpaired) electrons. The summed E-state index contributed by atoms with van der Waals surface area (Å²) >= 11 is 1.58. The lowest BCUT2D eigenvalue weighted by molar-refractivity contribution is 0.108. The van der Waals surface area contributed by atoms with Gasteiger partial charge in [-0.15, -0.1) is 0 Å². The number of piperazine rings is 1. The molecule has 1 aromatic heterocycles. The highest BCUT2D eigenvalue weighted by molar-refractivity contribution is 7.99. The van der Waals surface area contributed by atoms with Crippen LogP contribution in [0.15, 0.2) is 70.6 Å². The molecule has 0 N–H and O–H groups in total. The largest absolute Gasteiger partial charge is 0.415 e. The van der Waals surface area contributed by atoms with E-state index in [1.54, 1.807) is 28.8 Å². The molecule has 1 amide bonds. The fourth-order valence-corrected chi connectivity index (χ4v) is 4.65. The zero-order valence-corrected chi connectivity index (χ0v) is 19.1. The third-order valence-corrected chi connectivity index (χ3v) is 6.18. The smallest absolute Gasteiger partial charge is 0.410 e. The van der Waals surface area contributed by atoms with Crippen LogP contribution in [0.25, 0.3) is 0 Å². The zero-order valence-electron chi connectivity index (χ0n) is 18.3. The number of amides is 1. The maximum atomic E-state index is 13.4. The van der Waals surface area contributed by atoms with Gasteiger partial charge in [-0.05, 0) is 73.5 Å². The van der Waals surface area contributed by atoms with Crippen molar-refractivity contribution in [2.75, 3.05) is 26.2 Å². The van der Waals surface area contributed by atoms with Gasteiger partial charge in [0, 0.05) is 43.3 Å². The van der Waals surface area contributed by atoms with Crippen LogP contribution >= 0.6 is 11.8 Å². The second-order valence-electron chi connectivity index (χ2n) is 7.96. The van der Waals surface area contributed by atoms with Gasteiger partial charge in [0.05, 0.1) is 0 Å². The first kappa shape index (κ1) is 22.3. The molecule has 0 saturated carbocycles. The number of carbonyl (C=O) groups excluding carboxylic acids is 1. The van der Waals surface area contributed by atoms with Gasteiger partial charge in [0.1, 0.15) is 16.6 Å². The minimum absolute atomic E-state index is 0.223. The third-order valence-electron chi connectivity index (χ3n) is 5.25. The molecule has 1 aliphatic heterocycles. The number of aromatic nitrogens is 1. The molecule has 0 unspecified atom stereocenters. The molecule has 166 valence electrons. The summed E-state index contributed by atoms with van der Waals surface area (Å²) in [5.74, 6) is 0.300. The highest BCUT2D eigenvalue weighted by Gasteiger charge is 2.22. The molecular weight excluding hydrogens is 425 g/mol. The van der Waals surface area contributed by atoms with Gasteiger partial charge >= 0.3 is 6.09 Å². The number of carbonyl (C=O) groups is 1. The van der Waals surface area contributed by atoms with E-state index in [1.165, 1.54) is 11.6 Å². The zero-order chi connectivity index (χ0) is 22.5. The number of pyridine rings is 1. The Balaban J connectivity index is 1.27. The lowest BCUT2D eigenvalue weighted by atomic mass is 10.2. The molecule has 0 spiro atoms. The number of hydrogen-bond donors (Lipinski definition) is 0. The second-order valence-corrected chi connectivity index (χ2v) is 9.05. The molecule has 1 fully saturated rings. The van der Waals surface area contributed by atoms with Gasteiger partial charge < -0.3 is 9.64 Å². The maximum absolute atomic E-state index is 13.4. The summed E-state index contributed by atoms with van der Waals surface area (Å²) in [6, 6.07) is 18.2. The van der Waals surface area contributed by atoms with Crippen molar-refractivity contribution in [3.63, 3.8) is 0 Å². The highest BCUT2D eigenvalue weighted by atomic mass is 32.2. The van der Waals surface area contributed by atoms with E-state index in [9.17, 15) is 9.18 Å². The number of halogens is 1. The minimum atomic E-state index is -0.341. The van der Waals surface area contributed by atoms with Crippen LogP contribution in [0.5, 0.6) is 5.75 Å². The van der Waals surface area contributed by atoms with Crippen LogP contribution in [-0.2, 0) is 6.54 Å². The Morgan fingerprint density at radius 2 is 1.78 bits per heavy atom. The molecule has 1 aliphatic rings. The average Bonchev–Trinajstić information content (AvgIpc) is 2.75. The SMILES string of the molecule is Cc1cc(C)nc(Sc2ccc(OC(=O)N3CCN(Cc4cccc(F)c4)CC3)cc2)c1. The number of hydrogen-bond acceptors (Lipinski definition) is 5. The summed E-state index contributed by atoms with van der Waals surface area (Å²) in [6.45, 7) is 7.34. The van der Waals surface area contributed by atoms with Crippen molar-refractivity contribution in [2.24, 2.45) is 0 Å². The monoisotopic (exact) mass is 451 g/mol. The molecule has 0 atom stereocenters. The first-order valence-electron chi connectivity index (χ1n) is 10.6. The fraction of sp³-hybridized carbons (Fsp3) is 0.280. The van der Waals surface area contributed by atoms with Crippen molar-refractivity contribution >= 4 is 17.9 Å². The third kappa shape index (κ3) is 6.08. The topological polar surface area (TPSA) is 45.7 Å². The van der Waals surface area contributed by atoms with Crippen molar-refractivity contribution in [1.82, 2.24) is 14.8 Å². The van der Waals surface area contributed by atoms with Crippen LogP contribution < -0.4 is 4.74 Å². The normalized spacial score (nSPS) is 14.4. The van der Waals surface area contributed by atoms with Crippen LogP contribution in [0, 0.1) is 19.7 Å². The predicted octanol–water partition coefficient (Wildman–Crippen LogP) is 5.31. The standard InChI is InChI=1S/C25H26FN3O2S/c1-18-14-19(2)27-24(15-18)32-23-8-6-22(7-9-23)31-25(30)29-12-10-28(11-13-29)17-20-4-3-5-21(26)16-20/h3-9,14-16H,10-13,17H2,1-2H3. The molecule has 3 aromatic rings. The Kier molecular flexibility index (Phi) is 7.07. The molecular formula is C25H26FN3O2S. The molecule has 0 aliphatic carbocycles. The molecule has 4 rings (SSSR count). The lowest BCUT2D eigenvalue weighted by Gasteiger charge is -2.34. The number of ether oxygens (including phenoxy) is 1. The van der Waals surface area contributed by atoms with Crippen LogP contribution in [0.3, 0.4) is 0 Å². The molecule has 32 heavy (non-hydrogen) atoms. The number of nitrogens with zero attached hydrogens (tertiary/aromatic N) is 3. The Bertz CT molecular complexity index is 1060. The molecule has 7 heteroatoms. The van der Waals surface area contributed by atoms with Gasteiger partial charge in [0.15, 0.2) is 0 Å². The predicted molar refractivity (Wildman–Crippen MR) is 124 cm³/mol. The Morgan fingerprint density at radius 3 is 2.47 bits per heavy atom. The Morgan fingerprint density at radius 1 is 1.03 bits per heavy atom. The van der Waals surface area contributed by atoms with Gasteiger partial charge in [-0.3, -0.25) is 4.90 Å². The molecule has 2 aromatic carbocycles. The molecule has 1 saturated heterocycles. The van der Waals surface area contributed by atoms with E-state index in [2.05, 4.69) is 22.9 Å². The van der Waals surface area contributed by atoms with E-state index in [-0.39, 0.29) is 11.9 Å². The van der Waals surface area contributed by atoms with Gasteiger partial charge in [-0.2, -0.15) is 0 Å². The second kappa shape index (κ2) is 10.1. The summed E-state index contributed by atoms with van der Waals surface area (Å²) in [5, 5.41) is 0.948. The van der Waals surface area contributed by atoms with Crippen molar-refractivity contribution in [2.45, 2.75) is 30.3 Å². The maximum Gasteiger partial charge on any atom is 0.415 e. The van der Waals surface area contributed by atoms with Gasteiger partial charge in [0.25, 0.3) is 0 Å². The Hall–Kier alpha value is -2.90. The summed E-state index contributed by atoms with van der Waals surface area (Å²) in [5.41, 5.74) is 3.12. The van der Waals surface area contributed by atoms with Crippen LogP contribution in [0.1, 0.15) is 16.8 Å². The number of aryl methyl sites for hydroxylation is 2. The minimum Gasteiger partial charge on any atom is -0.410 e. The fourth-order valence-electron chi connectivity index (χ4n) is 3.70. The summed E-state index contributed by atoms with van der Waals surface area (Å²) in [6.07, 6.45) is -0.341. The van der Waals surface area contributed by atoms with E-state index in [0.717, 1.165) is 34.3 Å². The molecule has 0 bridgehead atoms. The van der Waals surface area contributed by atoms with Gasteiger partial charge in [0.2, 0.25) is 0 Å². The van der Waals surface area contributed by atoms with E-state index in [0.29, 0.717) is 25.4 Å². The van der Waals surface area contributed by atoms with Crippen LogP contribution in [-0.4, -0.2) is 47.1 Å². The average molecular weight is 452 g/mol. The molecule has 5 nitrogen and oxygen atoms in total. The quantitative estimate of drug-likeness (QED) is 0.526. The van der Waals surface area contributed by atoms with E-state index < -0.39 is 0 Å². The van der Waals surface area contributed by atoms with Crippen molar-refractivity contribution in [1.29, 1.82) is 0 Å². The van der Waals surface area contributed by atoms with E-state index in [4.69, 9.17) is 4.74 Å².